The number of hydrogen-bond acceptors (Lipinski definition) is 7. The lowest BCUT2D eigenvalue weighted by Gasteiger charge is -2.35. The number of aromatic nitrogens is 5. The molecule has 0 aliphatic carbocycles. The van der Waals surface area contributed by atoms with Gasteiger partial charge in [-0.1, -0.05) is 24.3 Å². The normalized spacial score (nSPS) is 19.1. The maximum absolute atomic E-state index is 14.0. The first-order valence-corrected chi connectivity index (χ1v) is 13.7. The molecule has 4 aromatic rings. The maximum atomic E-state index is 14.0. The Hall–Kier alpha value is -3.92. The zero-order chi connectivity index (χ0) is 28.2. The number of carbonyl (C=O) groups is 1. The summed E-state index contributed by atoms with van der Waals surface area (Å²) >= 11 is 0. The Morgan fingerprint density at radius 2 is 1.73 bits per heavy atom. The first kappa shape index (κ1) is 26.3. The number of halogens is 1. The van der Waals surface area contributed by atoms with E-state index in [-0.39, 0.29) is 12.1 Å². The van der Waals surface area contributed by atoms with Crippen LogP contribution in [0.5, 0.6) is 0 Å². The standard InChI is InChI=1S/C30H34FN7O2/c1-18-26-28(34-19(2)33-18)38(27(35-26)22-10-23(31)13-32-12-22)15-21-8-6-20(7-9-21)14-36-16-25-11-24(36)17-37(25)29(39)40-30(3,4)5/h6-10,12-13,24-25H,11,14-17H2,1-5H3/t24-,25-/m0/s1. The van der Waals surface area contributed by atoms with Crippen LogP contribution in [0.25, 0.3) is 22.6 Å². The number of carbonyl (C=O) groups excluding carboxylic acids is 1. The molecular weight excluding hydrogens is 509 g/mol. The summed E-state index contributed by atoms with van der Waals surface area (Å²) in [5.41, 5.74) is 4.62. The van der Waals surface area contributed by atoms with Gasteiger partial charge in [-0.2, -0.15) is 0 Å². The lowest BCUT2D eigenvalue weighted by Crippen LogP contribution is -2.49. The molecule has 2 aliphatic heterocycles. The van der Waals surface area contributed by atoms with Crippen molar-refractivity contribution < 1.29 is 13.9 Å². The molecule has 0 N–H and O–H groups in total. The van der Waals surface area contributed by atoms with E-state index in [2.05, 4.69) is 44.1 Å². The highest BCUT2D eigenvalue weighted by Gasteiger charge is 2.46. The van der Waals surface area contributed by atoms with E-state index in [9.17, 15) is 9.18 Å². The second kappa shape index (κ2) is 9.92. The van der Waals surface area contributed by atoms with Crippen molar-refractivity contribution in [2.24, 2.45) is 0 Å². The summed E-state index contributed by atoms with van der Waals surface area (Å²) in [7, 11) is 0. The summed E-state index contributed by atoms with van der Waals surface area (Å²) in [4.78, 5) is 34.9. The van der Waals surface area contributed by atoms with Crippen molar-refractivity contribution in [3.8, 4) is 11.4 Å². The second-order valence-corrected chi connectivity index (χ2v) is 11.9. The minimum absolute atomic E-state index is 0.207. The summed E-state index contributed by atoms with van der Waals surface area (Å²) in [5.74, 6) is 0.858. The minimum Gasteiger partial charge on any atom is -0.444 e. The molecule has 0 saturated carbocycles. The van der Waals surface area contributed by atoms with Crippen molar-refractivity contribution >= 4 is 17.3 Å². The highest BCUT2D eigenvalue weighted by molar-refractivity contribution is 5.79. The fourth-order valence-corrected chi connectivity index (χ4v) is 5.83. The molecule has 2 atom stereocenters. The van der Waals surface area contributed by atoms with Gasteiger partial charge in [-0.05, 0) is 58.2 Å². The molecule has 5 heterocycles. The van der Waals surface area contributed by atoms with Crippen molar-refractivity contribution in [1.82, 2.24) is 34.3 Å². The number of fused-ring (bicyclic) bond motifs is 3. The first-order valence-electron chi connectivity index (χ1n) is 13.7. The van der Waals surface area contributed by atoms with Gasteiger partial charge in [0.15, 0.2) is 5.65 Å². The van der Waals surface area contributed by atoms with E-state index in [0.717, 1.165) is 36.4 Å². The summed E-state index contributed by atoms with van der Waals surface area (Å²) < 4.78 is 21.7. The number of likely N-dealkylation sites (tertiary alicyclic amines) is 2. The lowest BCUT2D eigenvalue weighted by atomic mass is 10.1. The van der Waals surface area contributed by atoms with Gasteiger partial charge in [0.25, 0.3) is 0 Å². The van der Waals surface area contributed by atoms with E-state index >= 15 is 0 Å². The summed E-state index contributed by atoms with van der Waals surface area (Å²) in [6.07, 6.45) is 3.59. The van der Waals surface area contributed by atoms with Crippen LogP contribution in [0.15, 0.2) is 42.7 Å². The SMILES string of the molecule is Cc1nc(C)c2nc(-c3cncc(F)c3)n(Cc3ccc(CN4C[C@@H]5C[C@H]4CN5C(=O)OC(C)(C)C)cc3)c2n1. The Balaban J connectivity index is 1.19. The van der Waals surface area contributed by atoms with Gasteiger partial charge in [-0.3, -0.25) is 9.88 Å². The summed E-state index contributed by atoms with van der Waals surface area (Å²) in [6, 6.07) is 10.6. The zero-order valence-electron chi connectivity index (χ0n) is 23.6. The van der Waals surface area contributed by atoms with E-state index < -0.39 is 11.4 Å². The molecule has 0 spiro atoms. The minimum atomic E-state index is -0.483. The number of piperazine rings is 1. The molecular formula is C30H34FN7O2. The van der Waals surface area contributed by atoms with Crippen LogP contribution in [0.3, 0.4) is 0 Å². The fourth-order valence-electron chi connectivity index (χ4n) is 5.83. The van der Waals surface area contributed by atoms with Gasteiger partial charge in [0, 0.05) is 43.5 Å². The monoisotopic (exact) mass is 543 g/mol. The van der Waals surface area contributed by atoms with E-state index in [4.69, 9.17) is 9.72 Å². The van der Waals surface area contributed by atoms with Crippen LogP contribution in [0.1, 0.15) is 49.8 Å². The molecule has 208 valence electrons. The molecule has 0 radical (unpaired) electrons. The molecule has 6 rings (SSSR count). The van der Waals surface area contributed by atoms with Gasteiger partial charge in [0.2, 0.25) is 0 Å². The maximum Gasteiger partial charge on any atom is 0.410 e. The van der Waals surface area contributed by atoms with Crippen LogP contribution in [0.4, 0.5) is 9.18 Å². The first-order chi connectivity index (χ1) is 19.0. The predicted molar refractivity (Wildman–Crippen MR) is 149 cm³/mol. The lowest BCUT2D eigenvalue weighted by molar-refractivity contribution is 0.0124. The highest BCUT2D eigenvalue weighted by atomic mass is 19.1. The number of aryl methyl sites for hydroxylation is 2. The Kier molecular flexibility index (Phi) is 6.53. The van der Waals surface area contributed by atoms with Crippen LogP contribution >= 0.6 is 0 Å². The van der Waals surface area contributed by atoms with Crippen LogP contribution in [0, 0.1) is 19.7 Å². The Morgan fingerprint density at radius 1 is 1.00 bits per heavy atom. The van der Waals surface area contributed by atoms with E-state index in [0.29, 0.717) is 41.9 Å². The number of rotatable bonds is 5. The third-order valence-corrected chi connectivity index (χ3v) is 7.58. The number of ether oxygens (including phenoxy) is 1. The van der Waals surface area contributed by atoms with Crippen LogP contribution in [-0.4, -0.2) is 71.2 Å². The molecule has 1 amide bonds. The number of benzene rings is 1. The number of amides is 1. The molecule has 1 aromatic carbocycles. The van der Waals surface area contributed by atoms with Crippen LogP contribution in [0.2, 0.25) is 0 Å². The van der Waals surface area contributed by atoms with Crippen molar-refractivity contribution in [1.29, 1.82) is 0 Å². The highest BCUT2D eigenvalue weighted by Crippen LogP contribution is 2.33. The van der Waals surface area contributed by atoms with Crippen molar-refractivity contribution in [3.05, 3.63) is 71.2 Å². The molecule has 9 nitrogen and oxygen atoms in total. The number of pyridine rings is 1. The number of nitrogens with zero attached hydrogens (tertiary/aromatic N) is 7. The van der Waals surface area contributed by atoms with Gasteiger partial charge >= 0.3 is 6.09 Å². The van der Waals surface area contributed by atoms with E-state index in [1.165, 1.54) is 17.8 Å². The van der Waals surface area contributed by atoms with Crippen molar-refractivity contribution in [2.45, 2.75) is 71.8 Å². The molecule has 10 heteroatoms. The van der Waals surface area contributed by atoms with Gasteiger partial charge in [-0.25, -0.2) is 24.1 Å². The average Bonchev–Trinajstić information content (AvgIpc) is 3.58. The quantitative estimate of drug-likeness (QED) is 0.354. The third kappa shape index (κ3) is 5.15. The van der Waals surface area contributed by atoms with Crippen LogP contribution < -0.4 is 0 Å². The molecule has 2 aliphatic rings. The van der Waals surface area contributed by atoms with Gasteiger partial charge < -0.3 is 14.2 Å². The third-order valence-electron chi connectivity index (χ3n) is 7.58. The largest absolute Gasteiger partial charge is 0.444 e. The molecule has 2 fully saturated rings. The van der Waals surface area contributed by atoms with E-state index in [1.54, 1.807) is 6.20 Å². The number of hydrogen-bond donors (Lipinski definition) is 0. The zero-order valence-corrected chi connectivity index (χ0v) is 23.6. The van der Waals surface area contributed by atoms with Crippen molar-refractivity contribution in [2.75, 3.05) is 13.1 Å². The summed E-state index contributed by atoms with van der Waals surface area (Å²) in [5, 5.41) is 0. The molecule has 0 unspecified atom stereocenters. The Labute approximate surface area is 233 Å². The molecule has 2 saturated heterocycles. The summed E-state index contributed by atoms with van der Waals surface area (Å²) in [6.45, 7) is 12.4. The van der Waals surface area contributed by atoms with E-state index in [1.807, 2.05) is 44.1 Å². The predicted octanol–water partition coefficient (Wildman–Crippen LogP) is 4.89. The van der Waals surface area contributed by atoms with Gasteiger partial charge in [-0.15, -0.1) is 0 Å². The molecule has 40 heavy (non-hydrogen) atoms. The smallest absolute Gasteiger partial charge is 0.410 e. The van der Waals surface area contributed by atoms with Gasteiger partial charge in [0.1, 0.15) is 28.6 Å². The Morgan fingerprint density at radius 3 is 2.38 bits per heavy atom. The van der Waals surface area contributed by atoms with Gasteiger partial charge in [0.05, 0.1) is 18.4 Å². The van der Waals surface area contributed by atoms with Crippen LogP contribution in [-0.2, 0) is 17.8 Å². The number of imidazole rings is 1. The van der Waals surface area contributed by atoms with Crippen molar-refractivity contribution in [3.63, 3.8) is 0 Å². The molecule has 2 bridgehead atoms. The second-order valence-electron chi connectivity index (χ2n) is 11.9. The Bertz CT molecular complexity index is 1580. The molecule has 3 aromatic heterocycles. The average molecular weight is 544 g/mol. The topological polar surface area (TPSA) is 89.3 Å². The fraction of sp³-hybridized carbons (Fsp3) is 0.433.